The summed E-state index contributed by atoms with van der Waals surface area (Å²) in [5, 5.41) is 7.45. The summed E-state index contributed by atoms with van der Waals surface area (Å²) in [6.07, 6.45) is 1.07. The molecule has 0 radical (unpaired) electrons. The van der Waals surface area contributed by atoms with Crippen molar-refractivity contribution in [2.45, 2.75) is 38.8 Å². The highest BCUT2D eigenvalue weighted by Crippen LogP contribution is 2.19. The maximum atomic E-state index is 13.4. The summed E-state index contributed by atoms with van der Waals surface area (Å²) in [7, 11) is 1.77. The number of amides is 1. The van der Waals surface area contributed by atoms with Crippen molar-refractivity contribution in [2.24, 2.45) is 13.0 Å². The Labute approximate surface area is 158 Å². The maximum absolute atomic E-state index is 13.4. The Kier molecular flexibility index (Phi) is 6.11. The molecule has 0 saturated carbocycles. The van der Waals surface area contributed by atoms with E-state index in [-0.39, 0.29) is 23.9 Å². The van der Waals surface area contributed by atoms with E-state index in [0.717, 1.165) is 12.1 Å². The van der Waals surface area contributed by atoms with E-state index in [1.165, 1.54) is 12.1 Å². The van der Waals surface area contributed by atoms with Crippen LogP contribution in [0.15, 0.2) is 30.3 Å². The van der Waals surface area contributed by atoms with Gasteiger partial charge in [0.15, 0.2) is 0 Å². The van der Waals surface area contributed by atoms with E-state index in [4.69, 9.17) is 9.47 Å². The van der Waals surface area contributed by atoms with Crippen molar-refractivity contribution in [1.82, 2.24) is 15.1 Å². The molecule has 0 bridgehead atoms. The monoisotopic (exact) mass is 375 g/mol. The SMILES string of the molecule is CC(C)Cc1cc(C(=O)N[C@@H]2CCOC[C@H]2Oc2cccc(F)c2)n(C)n1. The van der Waals surface area contributed by atoms with Gasteiger partial charge in [0, 0.05) is 19.7 Å². The Morgan fingerprint density at radius 1 is 1.44 bits per heavy atom. The second-order valence-electron chi connectivity index (χ2n) is 7.30. The van der Waals surface area contributed by atoms with E-state index in [9.17, 15) is 9.18 Å². The van der Waals surface area contributed by atoms with Crippen LogP contribution in [0.5, 0.6) is 5.75 Å². The van der Waals surface area contributed by atoms with Gasteiger partial charge in [0.05, 0.1) is 18.3 Å². The molecule has 1 aliphatic heterocycles. The van der Waals surface area contributed by atoms with Crippen LogP contribution >= 0.6 is 0 Å². The Bertz CT molecular complexity index is 791. The van der Waals surface area contributed by atoms with Gasteiger partial charge in [-0.3, -0.25) is 9.48 Å². The van der Waals surface area contributed by atoms with Crippen molar-refractivity contribution in [3.05, 3.63) is 47.5 Å². The highest BCUT2D eigenvalue weighted by atomic mass is 19.1. The fourth-order valence-corrected chi connectivity index (χ4v) is 3.21. The molecule has 7 heteroatoms. The number of ether oxygens (including phenoxy) is 2. The third kappa shape index (κ3) is 5.07. The van der Waals surface area contributed by atoms with Gasteiger partial charge in [-0.2, -0.15) is 5.10 Å². The Hall–Kier alpha value is -2.41. The van der Waals surface area contributed by atoms with E-state index in [1.54, 1.807) is 23.9 Å². The average Bonchev–Trinajstić information content (AvgIpc) is 2.96. The first-order valence-corrected chi connectivity index (χ1v) is 9.26. The lowest BCUT2D eigenvalue weighted by Crippen LogP contribution is -2.51. The number of benzene rings is 1. The Morgan fingerprint density at radius 2 is 2.26 bits per heavy atom. The van der Waals surface area contributed by atoms with Crippen LogP contribution < -0.4 is 10.1 Å². The van der Waals surface area contributed by atoms with Crippen LogP contribution in [0.3, 0.4) is 0 Å². The molecule has 2 aromatic rings. The molecule has 1 aromatic heterocycles. The van der Waals surface area contributed by atoms with Gasteiger partial charge in [-0.15, -0.1) is 0 Å². The topological polar surface area (TPSA) is 65.4 Å². The van der Waals surface area contributed by atoms with Crippen molar-refractivity contribution in [2.75, 3.05) is 13.2 Å². The largest absolute Gasteiger partial charge is 0.486 e. The van der Waals surface area contributed by atoms with Crippen LogP contribution in [-0.4, -0.2) is 41.0 Å². The molecule has 6 nitrogen and oxygen atoms in total. The van der Waals surface area contributed by atoms with E-state index < -0.39 is 0 Å². The molecule has 1 saturated heterocycles. The minimum Gasteiger partial charge on any atom is -0.486 e. The molecule has 2 atom stereocenters. The first-order valence-electron chi connectivity index (χ1n) is 9.26. The lowest BCUT2D eigenvalue weighted by Gasteiger charge is -2.32. The van der Waals surface area contributed by atoms with Gasteiger partial charge < -0.3 is 14.8 Å². The Balaban J connectivity index is 1.68. The second kappa shape index (κ2) is 8.52. The number of nitrogens with zero attached hydrogens (tertiary/aromatic N) is 2. The molecule has 1 aliphatic rings. The number of nitrogens with one attached hydrogen (secondary N) is 1. The van der Waals surface area contributed by atoms with Crippen molar-refractivity contribution < 1.29 is 18.7 Å². The number of halogens is 1. The van der Waals surface area contributed by atoms with Crippen molar-refractivity contribution >= 4 is 5.91 Å². The van der Waals surface area contributed by atoms with Gasteiger partial charge in [-0.1, -0.05) is 19.9 Å². The molecular formula is C20H26FN3O3. The van der Waals surface area contributed by atoms with E-state index in [1.807, 2.05) is 6.07 Å². The summed E-state index contributed by atoms with van der Waals surface area (Å²) >= 11 is 0. The van der Waals surface area contributed by atoms with Gasteiger partial charge in [0.2, 0.25) is 0 Å². The number of aromatic nitrogens is 2. The van der Waals surface area contributed by atoms with Crippen LogP contribution in [-0.2, 0) is 18.2 Å². The molecule has 0 unspecified atom stereocenters. The van der Waals surface area contributed by atoms with E-state index >= 15 is 0 Å². The highest BCUT2D eigenvalue weighted by molar-refractivity contribution is 5.92. The van der Waals surface area contributed by atoms with Gasteiger partial charge in [-0.25, -0.2) is 4.39 Å². The third-order valence-corrected chi connectivity index (χ3v) is 4.48. The molecule has 0 spiro atoms. The minimum atomic E-state index is -0.382. The first-order chi connectivity index (χ1) is 12.9. The predicted octanol–water partition coefficient (Wildman–Crippen LogP) is 2.72. The molecule has 27 heavy (non-hydrogen) atoms. The number of hydrogen-bond acceptors (Lipinski definition) is 4. The number of rotatable bonds is 6. The number of carbonyl (C=O) groups excluding carboxylic acids is 1. The normalized spacial score (nSPS) is 19.9. The molecule has 1 N–H and O–H groups in total. The van der Waals surface area contributed by atoms with Crippen molar-refractivity contribution in [1.29, 1.82) is 0 Å². The van der Waals surface area contributed by atoms with Crippen LogP contribution in [0.2, 0.25) is 0 Å². The second-order valence-corrected chi connectivity index (χ2v) is 7.30. The molecular weight excluding hydrogens is 349 g/mol. The molecule has 1 aromatic carbocycles. The van der Waals surface area contributed by atoms with Crippen LogP contribution in [0, 0.1) is 11.7 Å². The van der Waals surface area contributed by atoms with E-state index in [2.05, 4.69) is 24.3 Å². The molecule has 146 valence electrons. The van der Waals surface area contributed by atoms with Crippen molar-refractivity contribution in [3.63, 3.8) is 0 Å². The van der Waals surface area contributed by atoms with Crippen LogP contribution in [0.25, 0.3) is 0 Å². The molecule has 1 amide bonds. The van der Waals surface area contributed by atoms with Crippen LogP contribution in [0.4, 0.5) is 4.39 Å². The van der Waals surface area contributed by atoms with Crippen LogP contribution in [0.1, 0.15) is 36.5 Å². The number of hydrogen-bond donors (Lipinski definition) is 1. The zero-order chi connectivity index (χ0) is 19.4. The van der Waals surface area contributed by atoms with Gasteiger partial charge >= 0.3 is 0 Å². The lowest BCUT2D eigenvalue weighted by atomic mass is 10.1. The summed E-state index contributed by atoms with van der Waals surface area (Å²) in [4.78, 5) is 12.8. The standard InChI is InChI=1S/C20H26FN3O3/c1-13(2)9-15-11-18(24(3)23-15)20(25)22-17-7-8-26-12-19(17)27-16-6-4-5-14(21)10-16/h4-6,10-11,13,17,19H,7-9,12H2,1-3H3,(H,22,25)/t17-,19-/m1/s1. The molecule has 0 aliphatic carbocycles. The average molecular weight is 375 g/mol. The van der Waals surface area contributed by atoms with Gasteiger partial charge in [-0.05, 0) is 37.0 Å². The number of carbonyl (C=O) groups is 1. The summed E-state index contributed by atoms with van der Waals surface area (Å²) in [6, 6.07) is 7.58. The zero-order valence-electron chi connectivity index (χ0n) is 15.9. The third-order valence-electron chi connectivity index (χ3n) is 4.48. The van der Waals surface area contributed by atoms with Gasteiger partial charge in [0.25, 0.3) is 5.91 Å². The predicted molar refractivity (Wildman–Crippen MR) is 99.3 cm³/mol. The Morgan fingerprint density at radius 3 is 3.00 bits per heavy atom. The van der Waals surface area contributed by atoms with Gasteiger partial charge in [0.1, 0.15) is 23.4 Å². The highest BCUT2D eigenvalue weighted by Gasteiger charge is 2.30. The quantitative estimate of drug-likeness (QED) is 0.843. The van der Waals surface area contributed by atoms with Crippen molar-refractivity contribution in [3.8, 4) is 5.75 Å². The number of aryl methyl sites for hydroxylation is 1. The molecule has 1 fully saturated rings. The summed E-state index contributed by atoms with van der Waals surface area (Å²) < 4.78 is 26.4. The maximum Gasteiger partial charge on any atom is 0.269 e. The van der Waals surface area contributed by atoms with E-state index in [0.29, 0.717) is 37.0 Å². The fourth-order valence-electron chi connectivity index (χ4n) is 3.21. The minimum absolute atomic E-state index is 0.195. The summed E-state index contributed by atoms with van der Waals surface area (Å²) in [5.41, 5.74) is 1.42. The smallest absolute Gasteiger partial charge is 0.269 e. The summed E-state index contributed by atoms with van der Waals surface area (Å²) in [5.74, 6) is 0.331. The zero-order valence-corrected chi connectivity index (χ0v) is 15.9. The first kappa shape index (κ1) is 19.4. The summed E-state index contributed by atoms with van der Waals surface area (Å²) in [6.45, 7) is 5.11. The lowest BCUT2D eigenvalue weighted by molar-refractivity contribution is -0.0137. The fraction of sp³-hybridized carbons (Fsp3) is 0.500. The molecule has 2 heterocycles. The molecule has 3 rings (SSSR count).